The van der Waals surface area contributed by atoms with Gasteiger partial charge in [0, 0.05) is 13.1 Å². The van der Waals surface area contributed by atoms with Gasteiger partial charge in [-0.15, -0.1) is 0 Å². The lowest BCUT2D eigenvalue weighted by atomic mass is 10.1. The molecule has 2 aromatic rings. The Morgan fingerprint density at radius 2 is 2.15 bits per heavy atom. The number of rotatable bonds is 2. The Balaban J connectivity index is 2.15. The van der Waals surface area contributed by atoms with Crippen LogP contribution in [0, 0.1) is 6.92 Å². The van der Waals surface area contributed by atoms with Crippen molar-refractivity contribution in [2.24, 2.45) is 0 Å². The van der Waals surface area contributed by atoms with E-state index >= 15 is 0 Å². The van der Waals surface area contributed by atoms with E-state index in [1.165, 1.54) is 4.57 Å². The van der Waals surface area contributed by atoms with Gasteiger partial charge in [0.25, 0.3) is 5.56 Å². The molecule has 1 saturated heterocycles. The van der Waals surface area contributed by atoms with E-state index in [2.05, 4.69) is 16.8 Å². The van der Waals surface area contributed by atoms with Gasteiger partial charge in [-0.25, -0.2) is 4.79 Å². The smallest absolute Gasteiger partial charge is 0.307 e. The number of aromatic nitrogens is 2. The van der Waals surface area contributed by atoms with E-state index in [4.69, 9.17) is 0 Å². The van der Waals surface area contributed by atoms with Gasteiger partial charge in [-0.2, -0.15) is 0 Å². The summed E-state index contributed by atoms with van der Waals surface area (Å²) in [5.41, 5.74) is 1.19. The lowest BCUT2D eigenvalue weighted by Crippen LogP contribution is -2.39. The molecular weight excluding hydrogens is 254 g/mol. The van der Waals surface area contributed by atoms with Crippen LogP contribution in [0.25, 0.3) is 10.9 Å². The molecule has 0 saturated carbocycles. The highest BCUT2D eigenvalue weighted by Crippen LogP contribution is 2.19. The average Bonchev–Trinajstić information content (AvgIpc) is 2.86. The number of nitrogens with zero attached hydrogens (tertiary/aromatic N) is 2. The predicted molar refractivity (Wildman–Crippen MR) is 79.3 cm³/mol. The Morgan fingerprint density at radius 1 is 1.35 bits per heavy atom. The van der Waals surface area contributed by atoms with Crippen LogP contribution in [0.3, 0.4) is 0 Å². The molecule has 0 amide bonds. The molecule has 1 aromatic heterocycles. The maximum atomic E-state index is 12.6. The molecule has 3 rings (SSSR count). The number of nitrogens with one attached hydrogen (secondary N) is 1. The Morgan fingerprint density at radius 3 is 2.85 bits per heavy atom. The zero-order valence-electron chi connectivity index (χ0n) is 11.8. The minimum Gasteiger partial charge on any atom is -0.307 e. The fourth-order valence-electron chi connectivity index (χ4n) is 2.99. The van der Waals surface area contributed by atoms with E-state index in [1.54, 1.807) is 6.07 Å². The van der Waals surface area contributed by atoms with Crippen LogP contribution >= 0.6 is 0 Å². The summed E-state index contributed by atoms with van der Waals surface area (Å²) in [5, 5.41) is 0.588. The molecule has 1 N–H and O–H groups in total. The Kier molecular flexibility index (Phi) is 3.22. The first-order valence-corrected chi connectivity index (χ1v) is 7.07. The van der Waals surface area contributed by atoms with Crippen LogP contribution in [-0.4, -0.2) is 34.1 Å². The summed E-state index contributed by atoms with van der Waals surface area (Å²) in [6.45, 7) is 6.71. The monoisotopic (exact) mass is 273 g/mol. The number of aryl methyl sites for hydroxylation is 1. The van der Waals surface area contributed by atoms with Gasteiger partial charge in [0.15, 0.2) is 0 Å². The third-order valence-electron chi connectivity index (χ3n) is 4.14. The van der Waals surface area contributed by atoms with Crippen molar-refractivity contribution >= 4 is 10.9 Å². The number of H-pyrrole nitrogens is 1. The summed E-state index contributed by atoms with van der Waals surface area (Å²) in [6.07, 6.45) is 0.855. The standard InChI is InChI=1S/C15H19N3O2/c1-3-17-7-6-11(9-17)18-14(19)12-5-4-10(2)8-13(12)16-15(18)20/h4-5,8,11H,3,6-7,9H2,1-2H3,(H,16,20). The second kappa shape index (κ2) is 4.90. The molecule has 0 radical (unpaired) electrons. The molecule has 106 valence electrons. The molecule has 5 heteroatoms. The van der Waals surface area contributed by atoms with E-state index in [9.17, 15) is 9.59 Å². The molecule has 1 unspecified atom stereocenters. The van der Waals surface area contributed by atoms with Crippen molar-refractivity contribution in [2.75, 3.05) is 19.6 Å². The summed E-state index contributed by atoms with van der Waals surface area (Å²) in [5.74, 6) is 0. The zero-order valence-corrected chi connectivity index (χ0v) is 11.8. The van der Waals surface area contributed by atoms with Gasteiger partial charge < -0.3 is 9.88 Å². The minimum absolute atomic E-state index is 0.0168. The number of hydrogen-bond donors (Lipinski definition) is 1. The van der Waals surface area contributed by atoms with Crippen molar-refractivity contribution in [1.82, 2.24) is 14.5 Å². The van der Waals surface area contributed by atoms with Gasteiger partial charge in [0.1, 0.15) is 0 Å². The predicted octanol–water partition coefficient (Wildman–Crippen LogP) is 1.26. The number of likely N-dealkylation sites (N-methyl/N-ethyl adjacent to an activating group) is 1. The average molecular weight is 273 g/mol. The van der Waals surface area contributed by atoms with Crippen LogP contribution in [0.1, 0.15) is 24.9 Å². The normalized spacial score (nSPS) is 19.8. The summed E-state index contributed by atoms with van der Waals surface area (Å²) < 4.78 is 1.40. The lowest BCUT2D eigenvalue weighted by molar-refractivity contribution is 0.338. The highest BCUT2D eigenvalue weighted by atomic mass is 16.2. The van der Waals surface area contributed by atoms with E-state index in [1.807, 2.05) is 19.1 Å². The fourth-order valence-corrected chi connectivity index (χ4v) is 2.99. The number of aromatic amines is 1. The van der Waals surface area contributed by atoms with Crippen molar-refractivity contribution < 1.29 is 0 Å². The molecule has 20 heavy (non-hydrogen) atoms. The Labute approximate surface area is 116 Å². The minimum atomic E-state index is -0.295. The summed E-state index contributed by atoms with van der Waals surface area (Å²) >= 11 is 0. The lowest BCUT2D eigenvalue weighted by Gasteiger charge is -2.15. The van der Waals surface area contributed by atoms with E-state index in [0.29, 0.717) is 10.9 Å². The molecule has 0 aliphatic carbocycles. The SMILES string of the molecule is CCN1CCC(n2c(=O)[nH]c3cc(C)ccc3c2=O)C1. The molecule has 1 aliphatic rings. The molecule has 1 aromatic carbocycles. The molecule has 0 spiro atoms. The maximum Gasteiger partial charge on any atom is 0.329 e. The highest BCUT2D eigenvalue weighted by Gasteiger charge is 2.25. The van der Waals surface area contributed by atoms with Gasteiger partial charge in [-0.3, -0.25) is 9.36 Å². The first-order valence-electron chi connectivity index (χ1n) is 7.07. The van der Waals surface area contributed by atoms with Crippen molar-refractivity contribution in [3.8, 4) is 0 Å². The van der Waals surface area contributed by atoms with Crippen molar-refractivity contribution in [3.05, 3.63) is 44.6 Å². The van der Waals surface area contributed by atoms with E-state index < -0.39 is 0 Å². The van der Waals surface area contributed by atoms with Crippen LogP contribution in [0.5, 0.6) is 0 Å². The van der Waals surface area contributed by atoms with Crippen molar-refractivity contribution in [3.63, 3.8) is 0 Å². The molecule has 0 bridgehead atoms. The van der Waals surface area contributed by atoms with Crippen LogP contribution in [0.15, 0.2) is 27.8 Å². The van der Waals surface area contributed by atoms with Crippen LogP contribution in [0.2, 0.25) is 0 Å². The Bertz CT molecular complexity index is 760. The van der Waals surface area contributed by atoms with E-state index in [0.717, 1.165) is 31.6 Å². The number of fused-ring (bicyclic) bond motifs is 1. The van der Waals surface area contributed by atoms with Gasteiger partial charge >= 0.3 is 5.69 Å². The maximum absolute atomic E-state index is 12.6. The second-order valence-electron chi connectivity index (χ2n) is 5.49. The molecule has 1 aliphatic heterocycles. The van der Waals surface area contributed by atoms with Crippen molar-refractivity contribution in [1.29, 1.82) is 0 Å². The van der Waals surface area contributed by atoms with Crippen LogP contribution < -0.4 is 11.2 Å². The largest absolute Gasteiger partial charge is 0.329 e. The number of hydrogen-bond acceptors (Lipinski definition) is 3. The number of likely N-dealkylation sites (tertiary alicyclic amines) is 1. The second-order valence-corrected chi connectivity index (χ2v) is 5.49. The van der Waals surface area contributed by atoms with Crippen molar-refractivity contribution in [2.45, 2.75) is 26.3 Å². The van der Waals surface area contributed by atoms with E-state index in [-0.39, 0.29) is 17.3 Å². The fraction of sp³-hybridized carbons (Fsp3) is 0.467. The van der Waals surface area contributed by atoms with Crippen LogP contribution in [0.4, 0.5) is 0 Å². The molecule has 5 nitrogen and oxygen atoms in total. The van der Waals surface area contributed by atoms with Gasteiger partial charge in [-0.05, 0) is 37.6 Å². The zero-order chi connectivity index (χ0) is 14.3. The molecule has 1 fully saturated rings. The third-order valence-corrected chi connectivity index (χ3v) is 4.14. The summed E-state index contributed by atoms with van der Waals surface area (Å²) in [4.78, 5) is 29.9. The quantitative estimate of drug-likeness (QED) is 0.896. The van der Waals surface area contributed by atoms with Gasteiger partial charge in [0.05, 0.1) is 16.9 Å². The topological polar surface area (TPSA) is 58.1 Å². The molecule has 2 heterocycles. The van der Waals surface area contributed by atoms with Gasteiger partial charge in [-0.1, -0.05) is 13.0 Å². The van der Waals surface area contributed by atoms with Crippen LogP contribution in [-0.2, 0) is 0 Å². The third kappa shape index (κ3) is 2.08. The number of benzene rings is 1. The first-order chi connectivity index (χ1) is 9.60. The molecule has 1 atom stereocenters. The summed E-state index contributed by atoms with van der Waals surface area (Å²) in [7, 11) is 0. The Hall–Kier alpha value is -1.88. The highest BCUT2D eigenvalue weighted by molar-refractivity contribution is 5.77. The van der Waals surface area contributed by atoms with Gasteiger partial charge in [0.2, 0.25) is 0 Å². The summed E-state index contributed by atoms with van der Waals surface area (Å²) in [6, 6.07) is 5.53. The first kappa shape index (κ1) is 13.1. The molecular formula is C15H19N3O2.